The topological polar surface area (TPSA) is 76.7 Å². The van der Waals surface area contributed by atoms with E-state index in [0.717, 1.165) is 17.3 Å². The minimum absolute atomic E-state index is 0.293. The Morgan fingerprint density at radius 1 is 1.56 bits per heavy atom. The molecule has 3 N–H and O–H groups in total. The Hall–Kier alpha value is -1.60. The zero-order valence-corrected chi connectivity index (χ0v) is 10.6. The van der Waals surface area contributed by atoms with E-state index in [2.05, 4.69) is 10.2 Å². The maximum atomic E-state index is 13.8. The van der Waals surface area contributed by atoms with E-state index in [-0.39, 0.29) is 11.5 Å². The van der Waals surface area contributed by atoms with E-state index in [0.29, 0.717) is 23.1 Å². The van der Waals surface area contributed by atoms with Gasteiger partial charge in [-0.15, -0.1) is 5.10 Å². The fourth-order valence-corrected chi connectivity index (χ4v) is 2.42. The molecule has 0 saturated heterocycles. The second-order valence-corrected chi connectivity index (χ2v) is 4.64. The van der Waals surface area contributed by atoms with Gasteiger partial charge >= 0.3 is 5.69 Å². The van der Waals surface area contributed by atoms with Crippen LogP contribution in [0, 0.1) is 5.82 Å². The van der Waals surface area contributed by atoms with Gasteiger partial charge in [-0.2, -0.15) is 0 Å². The first kappa shape index (κ1) is 12.8. The number of rotatable bonds is 4. The van der Waals surface area contributed by atoms with Crippen LogP contribution in [0.3, 0.4) is 0 Å². The summed E-state index contributed by atoms with van der Waals surface area (Å²) in [5, 5.41) is 6.65. The molecule has 2 rings (SSSR count). The van der Waals surface area contributed by atoms with Crippen LogP contribution in [-0.4, -0.2) is 14.8 Å². The van der Waals surface area contributed by atoms with Crippen molar-refractivity contribution in [2.45, 2.75) is 30.1 Å². The predicted molar refractivity (Wildman–Crippen MR) is 66.9 cm³/mol. The molecule has 1 aromatic carbocycles. The van der Waals surface area contributed by atoms with Crippen LogP contribution < -0.4 is 11.4 Å². The van der Waals surface area contributed by atoms with Crippen LogP contribution in [0.4, 0.5) is 4.39 Å². The molecule has 0 unspecified atom stereocenters. The Balaban J connectivity index is 2.31. The fraction of sp³-hybridized carbons (Fsp3) is 0.273. The van der Waals surface area contributed by atoms with E-state index < -0.39 is 0 Å². The second kappa shape index (κ2) is 5.36. The predicted octanol–water partition coefficient (Wildman–Crippen LogP) is 1.34. The van der Waals surface area contributed by atoms with Crippen LogP contribution in [0.15, 0.2) is 33.0 Å². The van der Waals surface area contributed by atoms with E-state index in [4.69, 9.17) is 5.73 Å². The third kappa shape index (κ3) is 2.46. The van der Waals surface area contributed by atoms with Crippen molar-refractivity contribution in [3.8, 4) is 0 Å². The molecule has 5 nitrogen and oxygen atoms in total. The van der Waals surface area contributed by atoms with Crippen molar-refractivity contribution in [3.05, 3.63) is 40.1 Å². The average Bonchev–Trinajstić information content (AvgIpc) is 2.72. The van der Waals surface area contributed by atoms with Crippen molar-refractivity contribution < 1.29 is 4.39 Å². The maximum Gasteiger partial charge on any atom is 0.343 e. The number of benzene rings is 1. The molecule has 96 valence electrons. The van der Waals surface area contributed by atoms with Gasteiger partial charge in [0.1, 0.15) is 5.82 Å². The summed E-state index contributed by atoms with van der Waals surface area (Å²) < 4.78 is 15.2. The van der Waals surface area contributed by atoms with Gasteiger partial charge in [-0.05, 0) is 36.4 Å². The Bertz CT molecular complexity index is 607. The van der Waals surface area contributed by atoms with E-state index in [1.54, 1.807) is 12.1 Å². The van der Waals surface area contributed by atoms with Gasteiger partial charge in [0.2, 0.25) is 0 Å². The number of hydrogen-bond acceptors (Lipinski definition) is 4. The zero-order valence-electron chi connectivity index (χ0n) is 9.81. The number of aromatic nitrogens is 3. The van der Waals surface area contributed by atoms with Crippen LogP contribution in [0.25, 0.3) is 0 Å². The molecular weight excluding hydrogens is 255 g/mol. The second-order valence-electron chi connectivity index (χ2n) is 3.63. The van der Waals surface area contributed by atoms with Gasteiger partial charge in [0, 0.05) is 13.1 Å². The highest BCUT2D eigenvalue weighted by atomic mass is 32.2. The van der Waals surface area contributed by atoms with Crippen molar-refractivity contribution in [1.82, 2.24) is 14.8 Å². The molecule has 0 saturated carbocycles. The number of H-pyrrole nitrogens is 1. The molecule has 0 radical (unpaired) electrons. The van der Waals surface area contributed by atoms with Crippen molar-refractivity contribution in [3.63, 3.8) is 0 Å². The quantitative estimate of drug-likeness (QED) is 0.877. The standard InChI is InChI=1S/C11H13FN4OS/c1-2-16-10(17)14-15-11(16)18-9-4-3-7(6-13)5-8(9)12/h3-5H,2,6,13H2,1H3,(H,14,17). The summed E-state index contributed by atoms with van der Waals surface area (Å²) in [6, 6.07) is 4.79. The minimum Gasteiger partial charge on any atom is -0.326 e. The number of hydrogen-bond donors (Lipinski definition) is 2. The van der Waals surface area contributed by atoms with Gasteiger partial charge in [0.05, 0.1) is 4.90 Å². The Kier molecular flexibility index (Phi) is 3.83. The fourth-order valence-electron chi connectivity index (χ4n) is 1.51. The van der Waals surface area contributed by atoms with Crippen LogP contribution in [0.5, 0.6) is 0 Å². The number of nitrogens with zero attached hydrogens (tertiary/aromatic N) is 2. The average molecular weight is 268 g/mol. The lowest BCUT2D eigenvalue weighted by molar-refractivity contribution is 0.597. The monoisotopic (exact) mass is 268 g/mol. The first-order valence-electron chi connectivity index (χ1n) is 5.47. The highest BCUT2D eigenvalue weighted by molar-refractivity contribution is 7.99. The molecule has 1 aromatic heterocycles. The van der Waals surface area contributed by atoms with Gasteiger partial charge in [0.15, 0.2) is 5.16 Å². The van der Waals surface area contributed by atoms with Gasteiger partial charge in [-0.25, -0.2) is 14.3 Å². The van der Waals surface area contributed by atoms with Crippen LogP contribution >= 0.6 is 11.8 Å². The molecule has 0 aliphatic carbocycles. The molecular formula is C11H13FN4OS. The molecule has 0 aliphatic rings. The Morgan fingerprint density at radius 2 is 2.33 bits per heavy atom. The SMILES string of the molecule is CCn1c(Sc2ccc(CN)cc2F)n[nH]c1=O. The smallest absolute Gasteiger partial charge is 0.326 e. The van der Waals surface area contributed by atoms with Crippen molar-refractivity contribution in [1.29, 1.82) is 0 Å². The van der Waals surface area contributed by atoms with Gasteiger partial charge in [-0.1, -0.05) is 6.07 Å². The molecule has 0 aliphatic heterocycles. The van der Waals surface area contributed by atoms with Crippen molar-refractivity contribution in [2.75, 3.05) is 0 Å². The van der Waals surface area contributed by atoms with E-state index in [9.17, 15) is 9.18 Å². The Morgan fingerprint density at radius 3 is 2.94 bits per heavy atom. The highest BCUT2D eigenvalue weighted by Crippen LogP contribution is 2.28. The molecule has 0 amide bonds. The summed E-state index contributed by atoms with van der Waals surface area (Å²) in [5.74, 6) is -0.360. The first-order valence-corrected chi connectivity index (χ1v) is 6.29. The zero-order chi connectivity index (χ0) is 13.1. The lowest BCUT2D eigenvalue weighted by Gasteiger charge is -2.05. The van der Waals surface area contributed by atoms with Crippen LogP contribution in [0.1, 0.15) is 12.5 Å². The van der Waals surface area contributed by atoms with Gasteiger partial charge in [-0.3, -0.25) is 4.57 Å². The molecule has 2 aromatic rings. The van der Waals surface area contributed by atoms with Crippen molar-refractivity contribution in [2.24, 2.45) is 5.73 Å². The molecule has 0 bridgehead atoms. The van der Waals surface area contributed by atoms with Crippen LogP contribution in [0.2, 0.25) is 0 Å². The molecule has 18 heavy (non-hydrogen) atoms. The van der Waals surface area contributed by atoms with Gasteiger partial charge < -0.3 is 5.73 Å². The van der Waals surface area contributed by atoms with Crippen LogP contribution in [-0.2, 0) is 13.1 Å². The molecule has 7 heteroatoms. The molecule has 1 heterocycles. The molecule has 0 spiro atoms. The number of halogens is 1. The summed E-state index contributed by atoms with van der Waals surface area (Å²) in [6.45, 7) is 2.61. The number of aromatic amines is 1. The number of nitrogens with two attached hydrogens (primary N) is 1. The van der Waals surface area contributed by atoms with Crippen molar-refractivity contribution >= 4 is 11.8 Å². The molecule has 0 atom stereocenters. The summed E-state index contributed by atoms with van der Waals surface area (Å²) in [4.78, 5) is 11.8. The normalized spacial score (nSPS) is 10.8. The van der Waals surface area contributed by atoms with E-state index in [1.807, 2.05) is 6.92 Å². The lowest BCUT2D eigenvalue weighted by atomic mass is 10.2. The summed E-state index contributed by atoms with van der Waals surface area (Å²) in [7, 11) is 0. The third-order valence-electron chi connectivity index (χ3n) is 2.47. The van der Waals surface area contributed by atoms with E-state index >= 15 is 0 Å². The maximum absolute atomic E-state index is 13.8. The minimum atomic E-state index is -0.360. The Labute approximate surface area is 107 Å². The largest absolute Gasteiger partial charge is 0.343 e. The summed E-state index contributed by atoms with van der Waals surface area (Å²) in [6.07, 6.45) is 0. The highest BCUT2D eigenvalue weighted by Gasteiger charge is 2.11. The number of nitrogens with one attached hydrogen (secondary N) is 1. The third-order valence-corrected chi connectivity index (χ3v) is 3.52. The first-order chi connectivity index (χ1) is 8.65. The van der Waals surface area contributed by atoms with E-state index in [1.165, 1.54) is 10.6 Å². The van der Waals surface area contributed by atoms with Gasteiger partial charge in [0.25, 0.3) is 0 Å². The molecule has 0 fully saturated rings. The lowest BCUT2D eigenvalue weighted by Crippen LogP contribution is -2.16. The summed E-state index contributed by atoms with van der Waals surface area (Å²) in [5.41, 5.74) is 5.87. The summed E-state index contributed by atoms with van der Waals surface area (Å²) >= 11 is 1.11.